The fraction of sp³-hybridized carbons (Fsp3) is 0.952. The second-order valence-electron chi connectivity index (χ2n) is 7.46. The van der Waals surface area contributed by atoms with Crippen molar-refractivity contribution in [3.63, 3.8) is 0 Å². The summed E-state index contributed by atoms with van der Waals surface area (Å²) in [5.41, 5.74) is 0. The maximum atomic E-state index is 9.13. The minimum atomic E-state index is -4.64. The summed E-state index contributed by atoms with van der Waals surface area (Å²) in [6.45, 7) is 2.36. The lowest BCUT2D eigenvalue weighted by atomic mass is 10.0. The molecule has 1 atom stereocenters. The van der Waals surface area contributed by atoms with Crippen molar-refractivity contribution in [1.29, 1.82) is 5.26 Å². The highest BCUT2D eigenvalue weighted by Crippen LogP contribution is 2.25. The lowest BCUT2D eigenvalue weighted by Crippen LogP contribution is -2.21. The third-order valence-electron chi connectivity index (χ3n) is 4.53. The molecule has 0 spiro atoms. The number of hydrogen-bond donors (Lipinski definition) is 4. The molecule has 0 bridgehead atoms. The maximum absolute atomic E-state index is 9.13. The molecule has 7 nitrogen and oxygen atoms in total. The molecule has 9 heteroatoms. The van der Waals surface area contributed by atoms with E-state index in [1.807, 2.05) is 17.8 Å². The van der Waals surface area contributed by atoms with Crippen LogP contribution in [0, 0.1) is 11.3 Å². The van der Waals surface area contributed by atoms with Crippen molar-refractivity contribution in [3.8, 4) is 6.07 Å². The Morgan fingerprint density at radius 1 is 0.867 bits per heavy atom. The number of thioether (sulfide) groups is 1. The summed E-state index contributed by atoms with van der Waals surface area (Å²) in [4.78, 5) is 21.6. The number of aliphatic hydroxyl groups excluding tert-OH is 1. The van der Waals surface area contributed by atoms with Gasteiger partial charge in [-0.1, -0.05) is 90.4 Å². The monoisotopic (exact) mass is 469 g/mol. The SMILES string of the molecule is CCCCCCCCCCCCCCCCSCC(CO)OCC#N.O=P(O)(O)O. The van der Waals surface area contributed by atoms with Gasteiger partial charge in [-0.3, -0.25) is 0 Å². The van der Waals surface area contributed by atoms with Gasteiger partial charge in [-0.25, -0.2) is 4.57 Å². The zero-order valence-electron chi connectivity index (χ0n) is 18.7. The molecule has 0 fully saturated rings. The Balaban J connectivity index is 0. The largest absolute Gasteiger partial charge is 0.466 e. The molecule has 0 saturated heterocycles. The van der Waals surface area contributed by atoms with Crippen LogP contribution in [0.5, 0.6) is 0 Å². The average molecular weight is 470 g/mol. The Kier molecular flexibility index (Phi) is 26.9. The van der Waals surface area contributed by atoms with Gasteiger partial charge in [-0.05, 0) is 12.2 Å². The van der Waals surface area contributed by atoms with Crippen molar-refractivity contribution < 1.29 is 29.1 Å². The number of nitriles is 1. The Morgan fingerprint density at radius 2 is 1.27 bits per heavy atom. The topological polar surface area (TPSA) is 131 Å². The molecular formula is C21H44NO6PS. The van der Waals surface area contributed by atoms with E-state index in [0.717, 1.165) is 11.5 Å². The van der Waals surface area contributed by atoms with Crippen molar-refractivity contribution in [1.82, 2.24) is 0 Å². The summed E-state index contributed by atoms with van der Waals surface area (Å²) in [5, 5.41) is 17.6. The molecule has 180 valence electrons. The van der Waals surface area contributed by atoms with Gasteiger partial charge in [-0.2, -0.15) is 17.0 Å². The van der Waals surface area contributed by atoms with Gasteiger partial charge in [-0.15, -0.1) is 0 Å². The fourth-order valence-corrected chi connectivity index (χ4v) is 3.96. The van der Waals surface area contributed by atoms with Gasteiger partial charge >= 0.3 is 7.82 Å². The van der Waals surface area contributed by atoms with Crippen LogP contribution in [0.15, 0.2) is 0 Å². The summed E-state index contributed by atoms with van der Waals surface area (Å²) in [5.74, 6) is 1.92. The lowest BCUT2D eigenvalue weighted by Gasteiger charge is -2.12. The Morgan fingerprint density at radius 3 is 1.63 bits per heavy atom. The zero-order chi connectivity index (χ0) is 22.9. The molecule has 0 aromatic heterocycles. The number of hydrogen-bond acceptors (Lipinski definition) is 5. The number of unbranched alkanes of at least 4 members (excludes halogenated alkanes) is 13. The van der Waals surface area contributed by atoms with Crippen LogP contribution in [0.2, 0.25) is 0 Å². The van der Waals surface area contributed by atoms with E-state index in [9.17, 15) is 0 Å². The van der Waals surface area contributed by atoms with E-state index in [4.69, 9.17) is 34.4 Å². The molecule has 4 N–H and O–H groups in total. The molecule has 0 saturated carbocycles. The van der Waals surface area contributed by atoms with E-state index < -0.39 is 7.82 Å². The quantitative estimate of drug-likeness (QED) is 0.142. The van der Waals surface area contributed by atoms with E-state index in [-0.39, 0.29) is 19.3 Å². The predicted octanol–water partition coefficient (Wildman–Crippen LogP) is 5.17. The first kappa shape index (κ1) is 32.1. The summed E-state index contributed by atoms with van der Waals surface area (Å²) in [6, 6.07) is 1.95. The van der Waals surface area contributed by atoms with Crippen molar-refractivity contribution in [2.24, 2.45) is 0 Å². The number of aliphatic hydroxyl groups is 1. The number of nitrogens with zero attached hydrogens (tertiary/aromatic N) is 1. The molecule has 0 heterocycles. The van der Waals surface area contributed by atoms with E-state index >= 15 is 0 Å². The van der Waals surface area contributed by atoms with Crippen LogP contribution in [0.25, 0.3) is 0 Å². The molecule has 0 aromatic carbocycles. The van der Waals surface area contributed by atoms with Crippen LogP contribution in [0.1, 0.15) is 96.8 Å². The van der Waals surface area contributed by atoms with Crippen molar-refractivity contribution in [2.75, 3.05) is 24.7 Å². The number of ether oxygens (including phenoxy) is 1. The molecule has 0 aliphatic rings. The van der Waals surface area contributed by atoms with E-state index in [0.29, 0.717) is 0 Å². The molecule has 0 aliphatic heterocycles. The third-order valence-corrected chi connectivity index (χ3v) is 5.72. The second-order valence-corrected chi connectivity index (χ2v) is 9.63. The summed E-state index contributed by atoms with van der Waals surface area (Å²) in [7, 11) is -4.64. The standard InChI is InChI=1S/C21H41NO2S.H3O4P/c1-2-3-4-5-6-7-8-9-10-11-12-13-14-15-18-25-20-21(19-23)24-17-16-22;1-5(2,3)4/h21,23H,2-15,17-20H2,1H3;(H3,1,2,3,4). The van der Waals surface area contributed by atoms with Crippen molar-refractivity contribution in [2.45, 2.75) is 103 Å². The first-order valence-electron chi connectivity index (χ1n) is 11.3. The fourth-order valence-electron chi connectivity index (χ4n) is 2.92. The minimum absolute atomic E-state index is 0.00736. The highest BCUT2D eigenvalue weighted by Gasteiger charge is 2.07. The molecule has 0 aliphatic carbocycles. The summed E-state index contributed by atoms with van der Waals surface area (Å²) >= 11 is 1.83. The van der Waals surface area contributed by atoms with E-state index in [1.54, 1.807) is 0 Å². The molecule has 0 rings (SSSR count). The minimum Gasteiger partial charge on any atom is -0.394 e. The molecule has 1 unspecified atom stereocenters. The average Bonchev–Trinajstić information content (AvgIpc) is 2.68. The molecular weight excluding hydrogens is 425 g/mol. The lowest BCUT2D eigenvalue weighted by molar-refractivity contribution is 0.0465. The second kappa shape index (κ2) is 25.1. The van der Waals surface area contributed by atoms with Crippen LogP contribution in [-0.4, -0.2) is 50.6 Å². The van der Waals surface area contributed by atoms with Crippen LogP contribution in [-0.2, 0) is 9.30 Å². The van der Waals surface area contributed by atoms with Crippen molar-refractivity contribution in [3.05, 3.63) is 0 Å². The van der Waals surface area contributed by atoms with Gasteiger partial charge < -0.3 is 24.5 Å². The van der Waals surface area contributed by atoms with Gasteiger partial charge in [0.05, 0.1) is 18.8 Å². The highest BCUT2D eigenvalue weighted by molar-refractivity contribution is 7.99. The van der Waals surface area contributed by atoms with Crippen LogP contribution >= 0.6 is 19.6 Å². The molecule has 0 amide bonds. The zero-order valence-corrected chi connectivity index (χ0v) is 20.4. The van der Waals surface area contributed by atoms with Crippen LogP contribution in [0.3, 0.4) is 0 Å². The van der Waals surface area contributed by atoms with Crippen LogP contribution in [0.4, 0.5) is 0 Å². The molecule has 0 radical (unpaired) electrons. The van der Waals surface area contributed by atoms with Gasteiger partial charge in [0.25, 0.3) is 0 Å². The Labute approximate surface area is 187 Å². The summed E-state index contributed by atoms with van der Waals surface area (Å²) in [6.07, 6.45) is 19.3. The van der Waals surface area contributed by atoms with Gasteiger partial charge in [0, 0.05) is 5.75 Å². The molecule has 0 aromatic rings. The van der Waals surface area contributed by atoms with Gasteiger partial charge in [0.15, 0.2) is 0 Å². The number of phosphoric acid groups is 1. The third kappa shape index (κ3) is 35.3. The Bertz CT molecular complexity index is 422. The summed E-state index contributed by atoms with van der Waals surface area (Å²) < 4.78 is 14.1. The first-order valence-corrected chi connectivity index (χ1v) is 14.0. The maximum Gasteiger partial charge on any atom is 0.466 e. The van der Waals surface area contributed by atoms with Crippen LogP contribution < -0.4 is 0 Å². The first-order chi connectivity index (χ1) is 14.3. The van der Waals surface area contributed by atoms with Gasteiger partial charge in [0.1, 0.15) is 6.61 Å². The van der Waals surface area contributed by atoms with E-state index in [1.165, 1.54) is 89.9 Å². The number of rotatable bonds is 20. The predicted molar refractivity (Wildman–Crippen MR) is 124 cm³/mol. The Hall–Kier alpha value is -0.130. The molecule has 30 heavy (non-hydrogen) atoms. The smallest absolute Gasteiger partial charge is 0.394 e. The van der Waals surface area contributed by atoms with Gasteiger partial charge in [0.2, 0.25) is 0 Å². The highest BCUT2D eigenvalue weighted by atomic mass is 32.2. The normalized spacial score (nSPS) is 12.1. The van der Waals surface area contributed by atoms with Crippen molar-refractivity contribution >= 4 is 19.6 Å². The van der Waals surface area contributed by atoms with E-state index in [2.05, 4.69) is 6.92 Å².